The van der Waals surface area contributed by atoms with Crippen molar-refractivity contribution >= 4 is 0 Å². The van der Waals surface area contributed by atoms with Crippen molar-refractivity contribution in [2.24, 2.45) is 52.8 Å². The molecule has 0 heterocycles. The summed E-state index contributed by atoms with van der Waals surface area (Å²) in [5.74, 6) is 6.60. The first-order valence-corrected chi connectivity index (χ1v) is 13.6. The van der Waals surface area contributed by atoms with Gasteiger partial charge in [0.15, 0.2) is 0 Å². The van der Waals surface area contributed by atoms with E-state index in [1.54, 1.807) is 0 Å². The lowest BCUT2D eigenvalue weighted by Gasteiger charge is -2.60. The third-order valence-corrected chi connectivity index (χ3v) is 11.3. The highest BCUT2D eigenvalue weighted by molar-refractivity contribution is 5.07. The Hall–Kier alpha value is -0.0800. The van der Waals surface area contributed by atoms with E-state index in [0.717, 1.165) is 67.1 Å². The van der Waals surface area contributed by atoms with Gasteiger partial charge in [-0.05, 0) is 130 Å². The molecule has 0 aromatic rings. The summed E-state index contributed by atoms with van der Waals surface area (Å²) in [6, 6.07) is 0. The first kappa shape index (κ1) is 23.1. The van der Waals surface area contributed by atoms with Crippen LogP contribution in [-0.4, -0.2) is 21.9 Å². The summed E-state index contributed by atoms with van der Waals surface area (Å²) < 4.78 is 0. The summed E-state index contributed by atoms with van der Waals surface area (Å²) >= 11 is 0. The highest BCUT2D eigenvalue weighted by Gasteiger charge is 2.58. The molecule has 4 aliphatic rings. The summed E-state index contributed by atoms with van der Waals surface area (Å²) in [4.78, 5) is 0. The van der Waals surface area contributed by atoms with Crippen molar-refractivity contribution < 1.29 is 10.2 Å². The third kappa shape index (κ3) is 4.02. The predicted molar refractivity (Wildman–Crippen MR) is 125 cm³/mol. The molecule has 2 heteroatoms. The summed E-state index contributed by atoms with van der Waals surface area (Å²) in [5, 5.41) is 21.3. The van der Waals surface area contributed by atoms with Crippen LogP contribution in [0.3, 0.4) is 0 Å². The minimum absolute atomic E-state index is 0.122. The number of aliphatic hydroxyl groups is 2. The van der Waals surface area contributed by atoms with Crippen molar-refractivity contribution in [3.8, 4) is 0 Å². The smallest absolute Gasteiger partial charge is 0.0648 e. The van der Waals surface area contributed by atoms with Gasteiger partial charge in [-0.25, -0.2) is 0 Å². The van der Waals surface area contributed by atoms with Crippen molar-refractivity contribution in [3.63, 3.8) is 0 Å². The van der Waals surface area contributed by atoms with E-state index in [9.17, 15) is 10.2 Å². The zero-order chi connectivity index (χ0) is 21.7. The number of hydrogen-bond donors (Lipinski definition) is 2. The minimum Gasteiger partial charge on any atom is -0.393 e. The number of hydrogen-bond acceptors (Lipinski definition) is 2. The Morgan fingerprint density at radius 1 is 0.867 bits per heavy atom. The molecule has 1 unspecified atom stereocenters. The van der Waals surface area contributed by atoms with Gasteiger partial charge in [-0.2, -0.15) is 0 Å². The van der Waals surface area contributed by atoms with Crippen molar-refractivity contribution in [2.45, 2.75) is 123 Å². The maximum absolute atomic E-state index is 11.0. The molecule has 0 saturated heterocycles. The van der Waals surface area contributed by atoms with Gasteiger partial charge in [0, 0.05) is 0 Å². The van der Waals surface area contributed by atoms with Gasteiger partial charge in [0.2, 0.25) is 0 Å². The van der Waals surface area contributed by atoms with Crippen LogP contribution >= 0.6 is 0 Å². The van der Waals surface area contributed by atoms with E-state index in [2.05, 4.69) is 34.6 Å². The Balaban J connectivity index is 1.41. The molecule has 0 amide bonds. The van der Waals surface area contributed by atoms with Crippen molar-refractivity contribution in [2.75, 3.05) is 0 Å². The van der Waals surface area contributed by atoms with Crippen LogP contribution in [0.15, 0.2) is 0 Å². The van der Waals surface area contributed by atoms with E-state index in [1.165, 1.54) is 51.4 Å². The third-order valence-electron chi connectivity index (χ3n) is 11.3. The van der Waals surface area contributed by atoms with Crippen LogP contribution in [0, 0.1) is 52.8 Å². The van der Waals surface area contributed by atoms with Gasteiger partial charge in [-0.3, -0.25) is 0 Å². The Labute approximate surface area is 186 Å². The topological polar surface area (TPSA) is 40.5 Å². The zero-order valence-corrected chi connectivity index (χ0v) is 20.6. The number of fused-ring (bicyclic) bond motifs is 5. The fourth-order valence-electron chi connectivity index (χ4n) is 9.03. The lowest BCUT2D eigenvalue weighted by molar-refractivity contribution is -0.140. The predicted octanol–water partition coefficient (Wildman–Crippen LogP) is 6.83. The van der Waals surface area contributed by atoms with Crippen molar-refractivity contribution in [1.82, 2.24) is 0 Å². The van der Waals surface area contributed by atoms with Gasteiger partial charge < -0.3 is 10.2 Å². The largest absolute Gasteiger partial charge is 0.393 e. The quantitative estimate of drug-likeness (QED) is 0.496. The molecule has 0 aromatic carbocycles. The maximum Gasteiger partial charge on any atom is 0.0648 e. The molecule has 0 spiro atoms. The van der Waals surface area contributed by atoms with Crippen molar-refractivity contribution in [3.05, 3.63) is 0 Å². The van der Waals surface area contributed by atoms with Crippen molar-refractivity contribution in [1.29, 1.82) is 0 Å². The molecule has 10 atom stereocenters. The molecule has 30 heavy (non-hydrogen) atoms. The highest BCUT2D eigenvalue weighted by atomic mass is 16.3. The van der Waals surface area contributed by atoms with Crippen LogP contribution < -0.4 is 0 Å². The molecule has 0 radical (unpaired) electrons. The molecule has 4 aliphatic carbocycles. The molecule has 4 saturated carbocycles. The van der Waals surface area contributed by atoms with Crippen LogP contribution in [0.1, 0.15) is 112 Å². The van der Waals surface area contributed by atoms with Crippen LogP contribution in [-0.2, 0) is 0 Å². The lowest BCUT2D eigenvalue weighted by atomic mass is 9.45. The molecule has 2 N–H and O–H groups in total. The van der Waals surface area contributed by atoms with Crippen LogP contribution in [0.2, 0.25) is 0 Å². The lowest BCUT2D eigenvalue weighted by Crippen LogP contribution is -2.54. The average Bonchev–Trinajstić information content (AvgIpc) is 3.16. The normalized spacial score (nSPS) is 48.0. The second-order valence-corrected chi connectivity index (χ2v) is 12.8. The summed E-state index contributed by atoms with van der Waals surface area (Å²) in [6.07, 6.45) is 15.0. The second kappa shape index (κ2) is 8.69. The van der Waals surface area contributed by atoms with E-state index in [4.69, 9.17) is 0 Å². The monoisotopic (exact) mass is 418 g/mol. The minimum atomic E-state index is -0.372. The fraction of sp³-hybridized carbons (Fsp3) is 1.00. The van der Waals surface area contributed by atoms with E-state index in [-0.39, 0.29) is 11.7 Å². The molecule has 0 aliphatic heterocycles. The van der Waals surface area contributed by atoms with E-state index in [0.29, 0.717) is 11.3 Å². The van der Waals surface area contributed by atoms with Gasteiger partial charge >= 0.3 is 0 Å². The first-order valence-electron chi connectivity index (χ1n) is 13.6. The van der Waals surface area contributed by atoms with Gasteiger partial charge in [-0.1, -0.05) is 34.6 Å². The van der Waals surface area contributed by atoms with Gasteiger partial charge in [0.1, 0.15) is 0 Å². The Bertz CT molecular complexity index is 587. The average molecular weight is 419 g/mol. The molecule has 4 fully saturated rings. The summed E-state index contributed by atoms with van der Waals surface area (Å²) in [7, 11) is 0. The summed E-state index contributed by atoms with van der Waals surface area (Å²) in [5.41, 5.74) is 0.114. The zero-order valence-electron chi connectivity index (χ0n) is 20.6. The van der Waals surface area contributed by atoms with Crippen LogP contribution in [0.25, 0.3) is 0 Å². The second-order valence-electron chi connectivity index (χ2n) is 12.8. The van der Waals surface area contributed by atoms with Crippen LogP contribution in [0.4, 0.5) is 0 Å². The maximum atomic E-state index is 11.0. The van der Waals surface area contributed by atoms with Gasteiger partial charge in [-0.15, -0.1) is 0 Å². The van der Waals surface area contributed by atoms with Gasteiger partial charge in [0.05, 0.1) is 11.7 Å². The Morgan fingerprint density at radius 2 is 1.57 bits per heavy atom. The molecular formula is C28H50O2. The first-order chi connectivity index (χ1) is 14.2. The standard InChI is InChI=1S/C28H50O2/c1-6-28(30)16-15-27(5)20(17-28)8-9-24-23-11-10-21(22(23)12-13-25(24)27)19(4)7-14-26(29)18(2)3/h18-26,29-30H,6-17H2,1-5H3/t19-,20+,21-,22-,23-,24+,25+,26?,27+,28+/m1/s1. The Morgan fingerprint density at radius 3 is 2.27 bits per heavy atom. The molecule has 4 rings (SSSR count). The fourth-order valence-corrected chi connectivity index (χ4v) is 9.03. The Kier molecular flexibility index (Phi) is 6.69. The van der Waals surface area contributed by atoms with Gasteiger partial charge in [0.25, 0.3) is 0 Å². The van der Waals surface area contributed by atoms with E-state index in [1.807, 2.05) is 0 Å². The molecule has 0 aromatic heterocycles. The highest BCUT2D eigenvalue weighted by Crippen LogP contribution is 2.65. The van der Waals surface area contributed by atoms with E-state index < -0.39 is 0 Å². The molecule has 2 nitrogen and oxygen atoms in total. The number of aliphatic hydroxyl groups excluding tert-OH is 1. The SMILES string of the molecule is CC[C@]1(O)CC[C@@]2(C)[C@@H](CC[C@H]3[C@@H]4CC[C@H]([C@H](C)CCC(O)C(C)C)[C@H]4CC[C@@H]32)C1. The number of rotatable bonds is 6. The van der Waals surface area contributed by atoms with Crippen LogP contribution in [0.5, 0.6) is 0 Å². The van der Waals surface area contributed by atoms with E-state index >= 15 is 0 Å². The summed E-state index contributed by atoms with van der Waals surface area (Å²) in [6.45, 7) is 11.6. The molecule has 0 bridgehead atoms. The molecule has 174 valence electrons. The molecular weight excluding hydrogens is 368 g/mol.